The Morgan fingerprint density at radius 3 is 2.41 bits per heavy atom. The molecule has 0 saturated heterocycles. The van der Waals surface area contributed by atoms with Crippen LogP contribution in [0.1, 0.15) is 22.8 Å². The quantitative estimate of drug-likeness (QED) is 0.373. The van der Waals surface area contributed by atoms with Crippen LogP contribution in [0.5, 0.6) is 0 Å². The minimum Gasteiger partial charge on any atom is -0.319 e. The molecular formula is C22H22N9O+. The zero-order valence-electron chi connectivity index (χ0n) is 17.9. The fraction of sp³-hybridized carbons (Fsp3) is 0.182. The topological polar surface area (TPSA) is 135 Å². The normalized spacial score (nSPS) is 11.3. The highest BCUT2D eigenvalue weighted by molar-refractivity contribution is 5.88. The molecule has 5 rings (SSSR count). The van der Waals surface area contributed by atoms with Crippen LogP contribution in [0.25, 0.3) is 28.0 Å². The van der Waals surface area contributed by atoms with Gasteiger partial charge in [-0.2, -0.15) is 4.68 Å². The van der Waals surface area contributed by atoms with Crippen molar-refractivity contribution in [1.82, 2.24) is 35.2 Å². The van der Waals surface area contributed by atoms with Crippen molar-refractivity contribution in [3.8, 4) is 22.4 Å². The molecule has 0 aliphatic rings. The number of hydrogen-bond donors (Lipinski definition) is 3. The second kappa shape index (κ2) is 7.41. The molecule has 10 nitrogen and oxygen atoms in total. The molecule has 4 N–H and O–H groups in total. The summed E-state index contributed by atoms with van der Waals surface area (Å²) in [7, 11) is 0. The first-order valence-corrected chi connectivity index (χ1v) is 10.1. The molecular weight excluding hydrogens is 406 g/mol. The summed E-state index contributed by atoms with van der Waals surface area (Å²) in [6.07, 6.45) is 0. The lowest BCUT2D eigenvalue weighted by molar-refractivity contribution is -0.516. The predicted octanol–water partition coefficient (Wildman–Crippen LogP) is 1.71. The van der Waals surface area contributed by atoms with Crippen molar-refractivity contribution in [2.45, 2.75) is 27.3 Å². The number of aromatic nitrogens is 8. The largest absolute Gasteiger partial charge is 0.428 e. The van der Waals surface area contributed by atoms with Gasteiger partial charge in [0, 0.05) is 17.0 Å². The van der Waals surface area contributed by atoms with Gasteiger partial charge in [-0.05, 0) is 38.5 Å². The van der Waals surface area contributed by atoms with E-state index < -0.39 is 0 Å². The number of nitrogens with one attached hydrogen (secondary N) is 2. The average molecular weight is 428 g/mol. The maximum Gasteiger partial charge on any atom is 0.428 e. The zero-order valence-corrected chi connectivity index (χ0v) is 17.9. The van der Waals surface area contributed by atoms with Gasteiger partial charge in [0.05, 0.1) is 11.3 Å². The number of rotatable bonds is 4. The van der Waals surface area contributed by atoms with E-state index in [1.807, 2.05) is 63.2 Å². The number of aryl methyl sites for hydroxylation is 3. The molecule has 0 amide bonds. The summed E-state index contributed by atoms with van der Waals surface area (Å²) in [6, 6.07) is 13.7. The van der Waals surface area contributed by atoms with Crippen LogP contribution in [-0.2, 0) is 6.54 Å². The molecule has 0 aliphatic carbocycles. The van der Waals surface area contributed by atoms with Gasteiger partial charge in [-0.25, -0.2) is 9.89 Å². The van der Waals surface area contributed by atoms with Crippen LogP contribution in [-0.4, -0.2) is 35.2 Å². The van der Waals surface area contributed by atoms with Crippen molar-refractivity contribution in [3.63, 3.8) is 0 Å². The van der Waals surface area contributed by atoms with Crippen molar-refractivity contribution in [2.75, 3.05) is 5.73 Å². The molecule has 0 saturated carbocycles. The Kier molecular flexibility index (Phi) is 4.54. The molecule has 0 fully saturated rings. The molecule has 0 radical (unpaired) electrons. The first-order valence-electron chi connectivity index (χ1n) is 10.1. The number of anilines is 1. The fourth-order valence-corrected chi connectivity index (χ4v) is 3.92. The summed E-state index contributed by atoms with van der Waals surface area (Å²) in [5.74, 6) is 0.0991. The summed E-state index contributed by atoms with van der Waals surface area (Å²) < 4.78 is 2.85. The van der Waals surface area contributed by atoms with Crippen LogP contribution in [0.3, 0.4) is 0 Å². The monoisotopic (exact) mass is 428 g/mol. The molecule has 4 heterocycles. The fourth-order valence-electron chi connectivity index (χ4n) is 3.92. The van der Waals surface area contributed by atoms with E-state index in [1.54, 1.807) is 0 Å². The van der Waals surface area contributed by atoms with Crippen LogP contribution in [0, 0.1) is 20.8 Å². The number of H-pyrrole nitrogens is 2. The van der Waals surface area contributed by atoms with E-state index in [1.165, 1.54) is 9.08 Å². The van der Waals surface area contributed by atoms with Crippen molar-refractivity contribution in [3.05, 3.63) is 75.7 Å². The van der Waals surface area contributed by atoms with Crippen LogP contribution in [0.15, 0.2) is 47.3 Å². The second-order valence-corrected chi connectivity index (χ2v) is 7.75. The molecule has 10 heteroatoms. The number of nitrogens with two attached hydrogens (primary N) is 1. The van der Waals surface area contributed by atoms with E-state index in [0.717, 1.165) is 33.8 Å². The summed E-state index contributed by atoms with van der Waals surface area (Å²) in [5.41, 5.74) is 12.9. The lowest BCUT2D eigenvalue weighted by atomic mass is 9.99. The van der Waals surface area contributed by atoms with E-state index in [2.05, 4.69) is 30.5 Å². The summed E-state index contributed by atoms with van der Waals surface area (Å²) >= 11 is 0. The van der Waals surface area contributed by atoms with E-state index in [9.17, 15) is 4.79 Å². The highest BCUT2D eigenvalue weighted by Gasteiger charge is 2.26. The molecule has 1 aromatic carbocycles. The van der Waals surface area contributed by atoms with Gasteiger partial charge in [0.25, 0.3) is 0 Å². The molecule has 4 aromatic heterocycles. The van der Waals surface area contributed by atoms with Gasteiger partial charge < -0.3 is 5.73 Å². The van der Waals surface area contributed by atoms with E-state index >= 15 is 0 Å². The second-order valence-electron chi connectivity index (χ2n) is 7.75. The van der Waals surface area contributed by atoms with Gasteiger partial charge in [-0.3, -0.25) is 10.1 Å². The summed E-state index contributed by atoms with van der Waals surface area (Å²) in [6.45, 7) is 5.95. The number of benzene rings is 1. The van der Waals surface area contributed by atoms with E-state index in [0.29, 0.717) is 17.0 Å². The molecule has 0 bridgehead atoms. The molecule has 0 atom stereocenters. The van der Waals surface area contributed by atoms with E-state index in [-0.39, 0.29) is 18.2 Å². The molecule has 0 aliphatic heterocycles. The molecule has 0 unspecified atom stereocenters. The maximum atomic E-state index is 13.3. The Bertz CT molecular complexity index is 1490. The number of hydrogen-bond acceptors (Lipinski definition) is 6. The van der Waals surface area contributed by atoms with Gasteiger partial charge in [0.15, 0.2) is 0 Å². The lowest BCUT2D eigenvalue weighted by Gasteiger charge is -2.10. The van der Waals surface area contributed by atoms with E-state index in [4.69, 9.17) is 5.73 Å². The van der Waals surface area contributed by atoms with Gasteiger partial charge in [0.2, 0.25) is 5.65 Å². The highest BCUT2D eigenvalue weighted by Crippen LogP contribution is 2.33. The first kappa shape index (κ1) is 19.6. The number of nitrogens with zero attached hydrogens (tertiary/aromatic N) is 6. The van der Waals surface area contributed by atoms with Crippen LogP contribution in [0.4, 0.5) is 5.95 Å². The Morgan fingerprint density at radius 2 is 1.75 bits per heavy atom. The molecule has 32 heavy (non-hydrogen) atoms. The Labute approximate surface area is 182 Å². The number of aromatic amines is 2. The third-order valence-electron chi connectivity index (χ3n) is 5.36. The standard InChI is InChI=1S/C22H21N9O/c1-12-9-16(10-13(2)24-12)18-19(15-7-5-4-6-8-15)25-21(23)31-20(18)28-30(22(31)32)11-17-14(3)26-29-27-17/h4-10H,11H2,1-3H3,(H3,23,24,25,26,27,28,29)/p+1. The van der Waals surface area contributed by atoms with Gasteiger partial charge in [0.1, 0.15) is 17.9 Å². The Balaban J connectivity index is 1.84. The van der Waals surface area contributed by atoms with Gasteiger partial charge in [-0.1, -0.05) is 35.5 Å². The minimum absolute atomic E-state index is 0.0991. The van der Waals surface area contributed by atoms with Gasteiger partial charge in [-0.15, -0.1) is 14.5 Å². The minimum atomic E-state index is -0.337. The maximum absolute atomic E-state index is 13.3. The van der Waals surface area contributed by atoms with Crippen LogP contribution < -0.4 is 15.8 Å². The molecule has 0 spiro atoms. The Hall–Kier alpha value is -4.34. The number of pyridine rings is 1. The Morgan fingerprint density at radius 1 is 1.03 bits per heavy atom. The third-order valence-corrected chi connectivity index (χ3v) is 5.36. The molecule has 160 valence electrons. The SMILES string of the molecule is Cc1cc(-c2c(-c3ccccc3)nc(N)[n+]3c(=O)n(Cc4nn[nH]c4C)[nH]c23)cc(C)n1. The zero-order chi connectivity index (χ0) is 22.4. The van der Waals surface area contributed by atoms with Crippen molar-refractivity contribution in [1.29, 1.82) is 0 Å². The van der Waals surface area contributed by atoms with Crippen molar-refractivity contribution < 1.29 is 4.40 Å². The number of nitrogen functional groups attached to an aromatic ring is 1. The highest BCUT2D eigenvalue weighted by atomic mass is 16.2. The molecule has 5 aromatic rings. The predicted molar refractivity (Wildman–Crippen MR) is 119 cm³/mol. The lowest BCUT2D eigenvalue weighted by Crippen LogP contribution is -2.44. The summed E-state index contributed by atoms with van der Waals surface area (Å²) in [4.78, 5) is 22.4. The summed E-state index contributed by atoms with van der Waals surface area (Å²) in [5, 5.41) is 13.9. The number of fused-ring (bicyclic) bond motifs is 1. The van der Waals surface area contributed by atoms with Gasteiger partial charge >= 0.3 is 11.6 Å². The van der Waals surface area contributed by atoms with Crippen molar-refractivity contribution in [2.24, 2.45) is 0 Å². The smallest absolute Gasteiger partial charge is 0.319 e. The van der Waals surface area contributed by atoms with Crippen LogP contribution >= 0.6 is 0 Å². The average Bonchev–Trinajstić information content (AvgIpc) is 3.31. The van der Waals surface area contributed by atoms with Crippen molar-refractivity contribution >= 4 is 11.6 Å². The third kappa shape index (κ3) is 3.22. The van der Waals surface area contributed by atoms with Crippen LogP contribution in [0.2, 0.25) is 0 Å². The first-order chi connectivity index (χ1) is 15.4.